The molecule has 166 valence electrons. The van der Waals surface area contributed by atoms with E-state index in [4.69, 9.17) is 4.74 Å². The fourth-order valence-corrected chi connectivity index (χ4v) is 4.67. The lowest BCUT2D eigenvalue weighted by atomic mass is 10.2. The fourth-order valence-electron chi connectivity index (χ4n) is 3.03. The Labute approximate surface area is 186 Å². The highest BCUT2D eigenvalue weighted by Crippen LogP contribution is 2.28. The Balaban J connectivity index is 1.74. The van der Waals surface area contributed by atoms with Gasteiger partial charge in [-0.2, -0.15) is 0 Å². The fraction of sp³-hybridized carbons (Fsp3) is 0.167. The number of benzene rings is 2. The van der Waals surface area contributed by atoms with Gasteiger partial charge in [-0.15, -0.1) is 0 Å². The molecule has 0 saturated heterocycles. The molecule has 0 aliphatic rings. The number of nitrogens with zero attached hydrogens (tertiary/aromatic N) is 1. The Kier molecular flexibility index (Phi) is 7.72. The molecule has 8 heteroatoms. The molecule has 1 unspecified atom stereocenters. The molecule has 6 nitrogen and oxygen atoms in total. The molecule has 0 spiro atoms. The van der Waals surface area contributed by atoms with E-state index in [1.54, 1.807) is 30.3 Å². The number of pyridine rings is 1. The van der Waals surface area contributed by atoms with Gasteiger partial charge in [-0.1, -0.05) is 18.2 Å². The van der Waals surface area contributed by atoms with Crippen LogP contribution in [-0.4, -0.2) is 32.5 Å². The molecular formula is C24H23FN2O4S. The molecule has 0 saturated carbocycles. The largest absolute Gasteiger partial charge is 0.494 e. The van der Waals surface area contributed by atoms with Crippen LogP contribution in [0.25, 0.3) is 6.08 Å². The first-order valence-electron chi connectivity index (χ1n) is 9.98. The van der Waals surface area contributed by atoms with Crippen molar-refractivity contribution in [2.24, 2.45) is 0 Å². The van der Waals surface area contributed by atoms with E-state index in [1.165, 1.54) is 30.6 Å². The molecule has 0 bridgehead atoms. The van der Waals surface area contributed by atoms with E-state index in [2.05, 4.69) is 10.3 Å². The van der Waals surface area contributed by atoms with Crippen LogP contribution in [0.2, 0.25) is 0 Å². The van der Waals surface area contributed by atoms with Gasteiger partial charge in [0.1, 0.15) is 16.8 Å². The van der Waals surface area contributed by atoms with Crippen LogP contribution in [0.4, 0.5) is 4.39 Å². The van der Waals surface area contributed by atoms with Crippen molar-refractivity contribution in [2.45, 2.75) is 17.1 Å². The summed E-state index contributed by atoms with van der Waals surface area (Å²) in [5.74, 6) is -0.240. The van der Waals surface area contributed by atoms with Crippen LogP contribution in [-0.2, 0) is 14.6 Å². The van der Waals surface area contributed by atoms with Gasteiger partial charge in [0.15, 0.2) is 9.84 Å². The number of nitrogens with one attached hydrogen (secondary N) is 1. The molecule has 1 atom stereocenters. The van der Waals surface area contributed by atoms with Gasteiger partial charge in [-0.3, -0.25) is 9.78 Å². The molecule has 3 rings (SSSR count). The van der Waals surface area contributed by atoms with Crippen LogP contribution >= 0.6 is 0 Å². The summed E-state index contributed by atoms with van der Waals surface area (Å²) in [5.41, 5.74) is 1.22. The van der Waals surface area contributed by atoms with E-state index in [0.717, 1.165) is 23.4 Å². The summed E-state index contributed by atoms with van der Waals surface area (Å²) >= 11 is 0. The smallest absolute Gasteiger partial charge is 0.244 e. The van der Waals surface area contributed by atoms with Crippen molar-refractivity contribution in [3.63, 3.8) is 0 Å². The minimum atomic E-state index is -3.90. The Hall–Kier alpha value is -3.52. The van der Waals surface area contributed by atoms with Crippen LogP contribution in [0.5, 0.6) is 5.75 Å². The number of sulfone groups is 1. The molecule has 1 N–H and O–H groups in total. The first kappa shape index (κ1) is 23.1. The van der Waals surface area contributed by atoms with E-state index < -0.39 is 26.8 Å². The maximum atomic E-state index is 13.3. The van der Waals surface area contributed by atoms with Gasteiger partial charge in [0.05, 0.1) is 11.5 Å². The first-order valence-corrected chi connectivity index (χ1v) is 11.5. The second-order valence-electron chi connectivity index (χ2n) is 6.85. The standard InChI is InChI=1S/C24H23FN2O4S/c1-2-31-21-10-5-18(6-11-21)7-14-24(28)27-17-23(19-4-3-15-26-16-19)32(29,30)22-12-8-20(25)9-13-22/h3-16,23H,2,17H2,1H3,(H,27,28)/b14-7+. The monoisotopic (exact) mass is 454 g/mol. The molecule has 1 heterocycles. The summed E-state index contributed by atoms with van der Waals surface area (Å²) in [5, 5.41) is 1.56. The third-order valence-electron chi connectivity index (χ3n) is 4.65. The van der Waals surface area contributed by atoms with E-state index >= 15 is 0 Å². The SMILES string of the molecule is CCOc1ccc(/C=C/C(=O)NCC(c2cccnc2)S(=O)(=O)c2ccc(F)cc2)cc1. The summed E-state index contributed by atoms with van der Waals surface area (Å²) < 4.78 is 45.0. The Morgan fingerprint density at radius 1 is 1.12 bits per heavy atom. The van der Waals surface area contributed by atoms with Gasteiger partial charge in [0, 0.05) is 25.0 Å². The van der Waals surface area contributed by atoms with Crippen molar-refractivity contribution in [1.82, 2.24) is 10.3 Å². The van der Waals surface area contributed by atoms with Gasteiger partial charge in [-0.25, -0.2) is 12.8 Å². The van der Waals surface area contributed by atoms with Gasteiger partial charge in [0.2, 0.25) is 5.91 Å². The molecule has 2 aromatic carbocycles. The zero-order valence-electron chi connectivity index (χ0n) is 17.4. The van der Waals surface area contributed by atoms with Crippen molar-refractivity contribution in [2.75, 3.05) is 13.2 Å². The summed E-state index contributed by atoms with van der Waals surface area (Å²) in [4.78, 5) is 16.3. The maximum absolute atomic E-state index is 13.3. The summed E-state index contributed by atoms with van der Waals surface area (Å²) in [6, 6.07) is 15.1. The van der Waals surface area contributed by atoms with Crippen LogP contribution < -0.4 is 10.1 Å². The number of carbonyl (C=O) groups is 1. The number of amides is 1. The van der Waals surface area contributed by atoms with Gasteiger partial charge in [-0.05, 0) is 66.6 Å². The Morgan fingerprint density at radius 2 is 1.84 bits per heavy atom. The van der Waals surface area contributed by atoms with Crippen LogP contribution in [0.1, 0.15) is 23.3 Å². The molecular weight excluding hydrogens is 431 g/mol. The molecule has 0 radical (unpaired) electrons. The number of carbonyl (C=O) groups excluding carboxylic acids is 1. The third kappa shape index (κ3) is 6.01. The average molecular weight is 455 g/mol. The zero-order valence-corrected chi connectivity index (χ0v) is 18.3. The summed E-state index contributed by atoms with van der Waals surface area (Å²) in [7, 11) is -3.90. The first-order chi connectivity index (χ1) is 15.4. The minimum Gasteiger partial charge on any atom is -0.494 e. The zero-order chi connectivity index (χ0) is 23.0. The number of halogens is 1. The Bertz CT molecular complexity index is 1160. The van der Waals surface area contributed by atoms with Gasteiger partial charge >= 0.3 is 0 Å². The van der Waals surface area contributed by atoms with E-state index in [1.807, 2.05) is 19.1 Å². The predicted octanol–water partition coefficient (Wildman–Crippen LogP) is 3.96. The molecule has 32 heavy (non-hydrogen) atoms. The quantitative estimate of drug-likeness (QED) is 0.391. The predicted molar refractivity (Wildman–Crippen MR) is 120 cm³/mol. The van der Waals surface area contributed by atoms with Crippen molar-refractivity contribution >= 4 is 21.8 Å². The van der Waals surface area contributed by atoms with Crippen LogP contribution in [0.3, 0.4) is 0 Å². The van der Waals surface area contributed by atoms with Crippen molar-refractivity contribution in [1.29, 1.82) is 0 Å². The van der Waals surface area contributed by atoms with Crippen molar-refractivity contribution in [3.05, 3.63) is 96.1 Å². The lowest BCUT2D eigenvalue weighted by molar-refractivity contribution is -0.116. The second-order valence-corrected chi connectivity index (χ2v) is 8.98. The van der Waals surface area contributed by atoms with Crippen molar-refractivity contribution < 1.29 is 22.3 Å². The average Bonchev–Trinajstić information content (AvgIpc) is 2.80. The number of ether oxygens (including phenoxy) is 1. The topological polar surface area (TPSA) is 85.4 Å². The molecule has 0 aliphatic heterocycles. The highest BCUT2D eigenvalue weighted by atomic mass is 32.2. The van der Waals surface area contributed by atoms with Crippen molar-refractivity contribution in [3.8, 4) is 5.75 Å². The molecule has 0 fully saturated rings. The third-order valence-corrected chi connectivity index (χ3v) is 6.77. The maximum Gasteiger partial charge on any atom is 0.244 e. The highest BCUT2D eigenvalue weighted by molar-refractivity contribution is 7.91. The van der Waals surface area contributed by atoms with E-state index in [-0.39, 0.29) is 11.4 Å². The highest BCUT2D eigenvalue weighted by Gasteiger charge is 2.29. The number of hydrogen-bond acceptors (Lipinski definition) is 5. The van der Waals surface area contributed by atoms with Gasteiger partial charge in [0.25, 0.3) is 0 Å². The lowest BCUT2D eigenvalue weighted by Crippen LogP contribution is -2.31. The normalized spacial score (nSPS) is 12.4. The second kappa shape index (κ2) is 10.7. The summed E-state index contributed by atoms with van der Waals surface area (Å²) in [6.07, 6.45) is 5.93. The molecule has 1 amide bonds. The van der Waals surface area contributed by atoms with Gasteiger partial charge < -0.3 is 10.1 Å². The number of aromatic nitrogens is 1. The summed E-state index contributed by atoms with van der Waals surface area (Å²) in [6.45, 7) is 2.29. The number of rotatable bonds is 9. The van der Waals surface area contributed by atoms with E-state index in [0.29, 0.717) is 12.2 Å². The van der Waals surface area contributed by atoms with E-state index in [9.17, 15) is 17.6 Å². The number of hydrogen-bond donors (Lipinski definition) is 1. The van der Waals surface area contributed by atoms with Crippen LogP contribution in [0.15, 0.2) is 84.0 Å². The molecule has 3 aromatic rings. The lowest BCUT2D eigenvalue weighted by Gasteiger charge is -2.18. The van der Waals surface area contributed by atoms with Crippen LogP contribution in [0, 0.1) is 5.82 Å². The molecule has 0 aliphatic carbocycles. The minimum absolute atomic E-state index is 0.0352. The Morgan fingerprint density at radius 3 is 2.47 bits per heavy atom. The molecule has 1 aromatic heterocycles.